The molecule has 0 amide bonds. The minimum Gasteiger partial charge on any atom is -0.462 e. The van der Waals surface area contributed by atoms with Crippen LogP contribution in [0.2, 0.25) is 0 Å². The lowest BCUT2D eigenvalue weighted by Gasteiger charge is -2.16. The zero-order valence-electron chi connectivity index (χ0n) is 8.51. The maximum Gasteiger partial charge on any atom is 0.323 e. The molecule has 2 atom stereocenters. The number of ether oxygens (including phenoxy) is 1. The van der Waals surface area contributed by atoms with Gasteiger partial charge in [-0.15, -0.1) is 0 Å². The van der Waals surface area contributed by atoms with Gasteiger partial charge in [0, 0.05) is 0 Å². The summed E-state index contributed by atoms with van der Waals surface area (Å²) in [5.74, 6) is -0.0862. The normalized spacial score (nSPS) is 31.4. The van der Waals surface area contributed by atoms with Gasteiger partial charge in [-0.1, -0.05) is 12.8 Å². The summed E-state index contributed by atoms with van der Waals surface area (Å²) >= 11 is 0. The molecule has 0 bridgehead atoms. The summed E-state index contributed by atoms with van der Waals surface area (Å²) in [6, 6.07) is -0.0967. The van der Waals surface area contributed by atoms with Crippen molar-refractivity contribution in [3.63, 3.8) is 0 Å². The van der Waals surface area contributed by atoms with E-state index in [4.69, 9.17) is 4.74 Å². The summed E-state index contributed by atoms with van der Waals surface area (Å²) in [7, 11) is 1.81. The molecule has 1 rings (SSSR count). The highest BCUT2D eigenvalue weighted by atomic mass is 16.5. The summed E-state index contributed by atoms with van der Waals surface area (Å²) in [6.07, 6.45) is 5.49. The van der Waals surface area contributed by atoms with Crippen molar-refractivity contribution in [3.05, 3.63) is 0 Å². The summed E-state index contributed by atoms with van der Waals surface area (Å²) in [5.41, 5.74) is 0. The Hall–Kier alpha value is -0.570. The molecule has 0 radical (unpaired) electrons. The molecule has 0 saturated carbocycles. The number of hydrogen-bond donors (Lipinski definition) is 1. The third kappa shape index (κ3) is 3.35. The van der Waals surface area contributed by atoms with Crippen LogP contribution in [0.1, 0.15) is 39.0 Å². The Morgan fingerprint density at radius 3 is 2.69 bits per heavy atom. The van der Waals surface area contributed by atoms with E-state index in [1.165, 1.54) is 12.8 Å². The van der Waals surface area contributed by atoms with Crippen molar-refractivity contribution in [2.24, 2.45) is 0 Å². The summed E-state index contributed by atoms with van der Waals surface area (Å²) in [6.45, 7) is 1.97. The lowest BCUT2D eigenvalue weighted by molar-refractivity contribution is -0.150. The average molecular weight is 185 g/mol. The number of carbonyl (C=O) groups excluding carboxylic acids is 1. The van der Waals surface area contributed by atoms with Crippen molar-refractivity contribution in [2.45, 2.75) is 51.2 Å². The molecule has 0 aromatic heterocycles. The zero-order chi connectivity index (χ0) is 9.68. The van der Waals surface area contributed by atoms with E-state index in [1.54, 1.807) is 0 Å². The first-order valence-electron chi connectivity index (χ1n) is 5.12. The predicted molar refractivity (Wildman–Crippen MR) is 51.5 cm³/mol. The fourth-order valence-electron chi connectivity index (χ4n) is 1.68. The second kappa shape index (κ2) is 5.22. The van der Waals surface area contributed by atoms with E-state index < -0.39 is 0 Å². The molecule has 1 N–H and O–H groups in total. The largest absolute Gasteiger partial charge is 0.462 e. The second-order valence-electron chi connectivity index (χ2n) is 3.73. The zero-order valence-corrected chi connectivity index (χ0v) is 8.51. The summed E-state index contributed by atoms with van der Waals surface area (Å²) in [4.78, 5) is 11.5. The van der Waals surface area contributed by atoms with Gasteiger partial charge >= 0.3 is 5.97 Å². The number of esters is 1. The molecule has 1 heterocycles. The monoisotopic (exact) mass is 185 g/mol. The van der Waals surface area contributed by atoms with E-state index in [9.17, 15) is 4.79 Å². The van der Waals surface area contributed by atoms with Crippen LogP contribution in [0.25, 0.3) is 0 Å². The maximum atomic E-state index is 11.5. The number of cyclic esters (lactones) is 1. The Morgan fingerprint density at radius 2 is 2.00 bits per heavy atom. The van der Waals surface area contributed by atoms with Crippen molar-refractivity contribution in [1.29, 1.82) is 0 Å². The fourth-order valence-corrected chi connectivity index (χ4v) is 1.68. The lowest BCUT2D eigenvalue weighted by atomic mass is 10.1. The van der Waals surface area contributed by atoms with E-state index in [0.29, 0.717) is 0 Å². The first kappa shape index (κ1) is 10.5. The molecule has 0 aromatic rings. The Balaban J connectivity index is 2.50. The Morgan fingerprint density at radius 1 is 1.31 bits per heavy atom. The number of nitrogens with one attached hydrogen (secondary N) is 1. The number of rotatable bonds is 1. The molecule has 1 fully saturated rings. The molecule has 3 nitrogen and oxygen atoms in total. The molecule has 1 saturated heterocycles. The van der Waals surface area contributed by atoms with E-state index in [0.717, 1.165) is 19.3 Å². The Labute approximate surface area is 79.8 Å². The van der Waals surface area contributed by atoms with Crippen molar-refractivity contribution >= 4 is 5.97 Å². The summed E-state index contributed by atoms with van der Waals surface area (Å²) < 4.78 is 5.27. The van der Waals surface area contributed by atoms with Crippen LogP contribution in [0.15, 0.2) is 0 Å². The molecule has 0 spiro atoms. The molecule has 3 heteroatoms. The molecular formula is C10H19NO2. The highest BCUT2D eigenvalue weighted by Crippen LogP contribution is 2.14. The van der Waals surface area contributed by atoms with Gasteiger partial charge in [0.1, 0.15) is 6.04 Å². The maximum absolute atomic E-state index is 11.5. The van der Waals surface area contributed by atoms with E-state index in [2.05, 4.69) is 5.32 Å². The third-order valence-electron chi connectivity index (χ3n) is 2.55. The molecule has 0 aromatic carbocycles. The summed E-state index contributed by atoms with van der Waals surface area (Å²) in [5, 5.41) is 3.00. The van der Waals surface area contributed by atoms with Gasteiger partial charge in [-0.05, 0) is 33.2 Å². The molecule has 1 aliphatic heterocycles. The topological polar surface area (TPSA) is 38.3 Å². The number of carbonyl (C=O) groups is 1. The van der Waals surface area contributed by atoms with Crippen molar-refractivity contribution < 1.29 is 9.53 Å². The molecule has 1 aliphatic rings. The van der Waals surface area contributed by atoms with E-state index in [-0.39, 0.29) is 18.1 Å². The molecular weight excluding hydrogens is 166 g/mol. The van der Waals surface area contributed by atoms with Gasteiger partial charge in [-0.3, -0.25) is 4.79 Å². The third-order valence-corrected chi connectivity index (χ3v) is 2.55. The van der Waals surface area contributed by atoms with Gasteiger partial charge in [0.05, 0.1) is 6.10 Å². The minimum absolute atomic E-state index is 0.0847. The average Bonchev–Trinajstić information content (AvgIpc) is 2.16. The van der Waals surface area contributed by atoms with E-state index >= 15 is 0 Å². The Bertz CT molecular complexity index is 170. The van der Waals surface area contributed by atoms with Gasteiger partial charge in [0.2, 0.25) is 0 Å². The molecule has 76 valence electrons. The van der Waals surface area contributed by atoms with Crippen molar-refractivity contribution in [3.8, 4) is 0 Å². The van der Waals surface area contributed by atoms with Crippen LogP contribution in [0, 0.1) is 0 Å². The molecule has 1 unspecified atom stereocenters. The second-order valence-corrected chi connectivity index (χ2v) is 3.73. The van der Waals surface area contributed by atoms with Crippen LogP contribution in [-0.4, -0.2) is 25.2 Å². The van der Waals surface area contributed by atoms with Gasteiger partial charge < -0.3 is 10.1 Å². The standard InChI is InChI=1S/C10H19NO2/c1-8-6-4-3-5-7-9(11-2)10(12)13-8/h8-9,11H,3-7H2,1-2H3/t8?,9-/m0/s1. The van der Waals surface area contributed by atoms with Gasteiger partial charge in [-0.2, -0.15) is 0 Å². The Kier molecular flexibility index (Phi) is 4.22. The van der Waals surface area contributed by atoms with Crippen molar-refractivity contribution in [1.82, 2.24) is 5.32 Å². The number of hydrogen-bond acceptors (Lipinski definition) is 3. The van der Waals surface area contributed by atoms with Gasteiger partial charge in [-0.25, -0.2) is 0 Å². The smallest absolute Gasteiger partial charge is 0.323 e. The molecule has 0 aliphatic carbocycles. The highest BCUT2D eigenvalue weighted by Gasteiger charge is 2.21. The van der Waals surface area contributed by atoms with Crippen LogP contribution in [0.3, 0.4) is 0 Å². The van der Waals surface area contributed by atoms with Gasteiger partial charge in [0.15, 0.2) is 0 Å². The SMILES string of the molecule is CN[C@H]1CCCCCC(C)OC1=O. The van der Waals surface area contributed by atoms with Crippen LogP contribution in [0.4, 0.5) is 0 Å². The van der Waals surface area contributed by atoms with Crippen molar-refractivity contribution in [2.75, 3.05) is 7.05 Å². The highest BCUT2D eigenvalue weighted by molar-refractivity contribution is 5.75. The lowest BCUT2D eigenvalue weighted by Crippen LogP contribution is -2.36. The predicted octanol–water partition coefficient (Wildman–Crippen LogP) is 1.47. The first-order chi connectivity index (χ1) is 6.24. The van der Waals surface area contributed by atoms with Crippen LogP contribution < -0.4 is 5.32 Å². The first-order valence-corrected chi connectivity index (χ1v) is 5.12. The molecule has 13 heavy (non-hydrogen) atoms. The van der Waals surface area contributed by atoms with Crippen LogP contribution in [-0.2, 0) is 9.53 Å². The van der Waals surface area contributed by atoms with Crippen LogP contribution in [0.5, 0.6) is 0 Å². The minimum atomic E-state index is -0.0967. The van der Waals surface area contributed by atoms with E-state index in [1.807, 2.05) is 14.0 Å². The fraction of sp³-hybridized carbons (Fsp3) is 0.900. The van der Waals surface area contributed by atoms with Gasteiger partial charge in [0.25, 0.3) is 0 Å². The quantitative estimate of drug-likeness (QED) is 0.629. The van der Waals surface area contributed by atoms with Crippen LogP contribution >= 0.6 is 0 Å². The number of likely N-dealkylation sites (N-methyl/N-ethyl adjacent to an activating group) is 1.